The fourth-order valence-electron chi connectivity index (χ4n) is 1.63. The summed E-state index contributed by atoms with van der Waals surface area (Å²) in [6, 6.07) is 9.39. The Kier molecular flexibility index (Phi) is 6.35. The molecule has 2 nitrogen and oxygen atoms in total. The summed E-state index contributed by atoms with van der Waals surface area (Å²) in [5.74, 6) is -4.74. The molecule has 0 aromatic heterocycles. The van der Waals surface area contributed by atoms with Crippen LogP contribution in [0.2, 0.25) is 0 Å². The SMILES string of the molecule is O=C(CSc1ccc(F)c(F)c1)Nc1ccc(SC(F)F)cc1. The Morgan fingerprint density at radius 1 is 1.00 bits per heavy atom. The van der Waals surface area contributed by atoms with Crippen molar-refractivity contribution in [1.29, 1.82) is 0 Å². The molecule has 0 aliphatic rings. The summed E-state index contributed by atoms with van der Waals surface area (Å²) >= 11 is 1.48. The van der Waals surface area contributed by atoms with Crippen LogP contribution in [0.4, 0.5) is 23.2 Å². The quantitative estimate of drug-likeness (QED) is 0.579. The number of carbonyl (C=O) groups excluding carboxylic acids is 1. The number of benzene rings is 2. The normalized spacial score (nSPS) is 10.8. The van der Waals surface area contributed by atoms with Crippen molar-refractivity contribution in [3.05, 3.63) is 54.1 Å². The lowest BCUT2D eigenvalue weighted by Gasteiger charge is -2.06. The summed E-state index contributed by atoms with van der Waals surface area (Å²) in [5, 5.41) is 2.59. The zero-order valence-electron chi connectivity index (χ0n) is 11.6. The zero-order chi connectivity index (χ0) is 16.8. The van der Waals surface area contributed by atoms with Crippen LogP contribution in [-0.4, -0.2) is 17.4 Å². The van der Waals surface area contributed by atoms with E-state index in [1.54, 1.807) is 0 Å². The third-order valence-corrected chi connectivity index (χ3v) is 4.34. The second-order valence-electron chi connectivity index (χ2n) is 4.32. The predicted octanol–water partition coefficient (Wildman–Crippen LogP) is 5.01. The number of alkyl halides is 2. The van der Waals surface area contributed by atoms with Crippen LogP contribution in [0.3, 0.4) is 0 Å². The van der Waals surface area contributed by atoms with E-state index in [1.807, 2.05) is 0 Å². The van der Waals surface area contributed by atoms with Crippen LogP contribution in [0.1, 0.15) is 0 Å². The van der Waals surface area contributed by atoms with Gasteiger partial charge in [0.05, 0.1) is 5.75 Å². The van der Waals surface area contributed by atoms with Crippen LogP contribution in [0, 0.1) is 11.6 Å². The summed E-state index contributed by atoms with van der Waals surface area (Å²) in [4.78, 5) is 12.6. The van der Waals surface area contributed by atoms with E-state index in [-0.39, 0.29) is 11.7 Å². The molecule has 0 saturated carbocycles. The van der Waals surface area contributed by atoms with Gasteiger partial charge in [0.1, 0.15) is 0 Å². The van der Waals surface area contributed by atoms with E-state index in [2.05, 4.69) is 5.32 Å². The fourth-order valence-corrected chi connectivity index (χ4v) is 2.85. The molecule has 122 valence electrons. The molecule has 2 aromatic carbocycles. The first kappa shape index (κ1) is 17.7. The topological polar surface area (TPSA) is 29.1 Å². The van der Waals surface area contributed by atoms with Crippen molar-refractivity contribution in [2.75, 3.05) is 11.1 Å². The standard InChI is InChI=1S/C15H11F4NOS2/c16-12-6-5-11(7-13(12)17)22-8-14(21)20-9-1-3-10(4-2-9)23-15(18)19/h1-7,15H,8H2,(H,20,21). The molecular weight excluding hydrogens is 350 g/mol. The van der Waals surface area contributed by atoms with E-state index in [4.69, 9.17) is 0 Å². The number of rotatable bonds is 6. The van der Waals surface area contributed by atoms with Crippen molar-refractivity contribution in [2.24, 2.45) is 0 Å². The number of nitrogens with one attached hydrogen (secondary N) is 1. The highest BCUT2D eigenvalue weighted by Gasteiger charge is 2.08. The summed E-state index contributed by atoms with van der Waals surface area (Å²) in [6.07, 6.45) is 0. The number of amides is 1. The van der Waals surface area contributed by atoms with Gasteiger partial charge in [-0.05, 0) is 42.5 Å². The molecule has 0 aliphatic heterocycles. The molecule has 1 N–H and O–H groups in total. The summed E-state index contributed by atoms with van der Waals surface area (Å²) < 4.78 is 50.2. The average Bonchev–Trinajstić information content (AvgIpc) is 2.50. The van der Waals surface area contributed by atoms with Gasteiger partial charge in [-0.2, -0.15) is 8.78 Å². The second-order valence-corrected chi connectivity index (χ2v) is 6.43. The van der Waals surface area contributed by atoms with Crippen molar-refractivity contribution >= 4 is 35.1 Å². The van der Waals surface area contributed by atoms with Crippen molar-refractivity contribution in [3.8, 4) is 0 Å². The number of hydrogen-bond acceptors (Lipinski definition) is 3. The predicted molar refractivity (Wildman–Crippen MR) is 84.0 cm³/mol. The Hall–Kier alpha value is -1.67. The first-order valence-corrected chi connectivity index (χ1v) is 8.23. The average molecular weight is 361 g/mol. The van der Waals surface area contributed by atoms with Crippen molar-refractivity contribution in [1.82, 2.24) is 0 Å². The minimum absolute atomic E-state index is 0.0125. The molecule has 0 saturated heterocycles. The van der Waals surface area contributed by atoms with Crippen LogP contribution in [0.5, 0.6) is 0 Å². The van der Waals surface area contributed by atoms with Crippen LogP contribution in [0.15, 0.2) is 52.3 Å². The lowest BCUT2D eigenvalue weighted by molar-refractivity contribution is -0.113. The van der Waals surface area contributed by atoms with Gasteiger partial charge in [-0.15, -0.1) is 11.8 Å². The van der Waals surface area contributed by atoms with Crippen molar-refractivity contribution in [2.45, 2.75) is 15.5 Å². The van der Waals surface area contributed by atoms with Gasteiger partial charge in [-0.1, -0.05) is 11.8 Å². The summed E-state index contributed by atoms with van der Waals surface area (Å²) in [7, 11) is 0. The Morgan fingerprint density at radius 3 is 2.26 bits per heavy atom. The van der Waals surface area contributed by atoms with Crippen LogP contribution < -0.4 is 5.32 Å². The number of thioether (sulfide) groups is 2. The Bertz CT molecular complexity index is 680. The molecule has 1 amide bonds. The smallest absolute Gasteiger partial charge is 0.288 e. The molecule has 0 heterocycles. The molecule has 0 radical (unpaired) electrons. The highest BCUT2D eigenvalue weighted by atomic mass is 32.2. The lowest BCUT2D eigenvalue weighted by Crippen LogP contribution is -2.13. The monoisotopic (exact) mass is 361 g/mol. The van der Waals surface area contributed by atoms with E-state index in [9.17, 15) is 22.4 Å². The Balaban J connectivity index is 1.85. The van der Waals surface area contributed by atoms with Crippen molar-refractivity contribution in [3.63, 3.8) is 0 Å². The molecule has 23 heavy (non-hydrogen) atoms. The first-order valence-electron chi connectivity index (χ1n) is 6.36. The molecule has 0 fully saturated rings. The van der Waals surface area contributed by atoms with Gasteiger partial charge in [0.2, 0.25) is 5.91 Å². The number of anilines is 1. The van der Waals surface area contributed by atoms with Gasteiger partial charge in [-0.3, -0.25) is 4.79 Å². The third kappa shape index (κ3) is 5.80. The van der Waals surface area contributed by atoms with E-state index in [0.29, 0.717) is 27.2 Å². The molecular formula is C15H11F4NOS2. The molecule has 2 aromatic rings. The molecule has 0 atom stereocenters. The molecule has 8 heteroatoms. The molecule has 0 unspecified atom stereocenters. The number of hydrogen-bond donors (Lipinski definition) is 1. The maximum absolute atomic E-state index is 13.0. The Morgan fingerprint density at radius 2 is 1.65 bits per heavy atom. The third-order valence-electron chi connectivity index (χ3n) is 2.62. The second kappa shape index (κ2) is 8.26. The molecule has 0 spiro atoms. The number of carbonyl (C=O) groups is 1. The Labute approximate surface area is 138 Å². The van der Waals surface area contributed by atoms with Gasteiger partial charge < -0.3 is 5.32 Å². The van der Waals surface area contributed by atoms with E-state index in [1.165, 1.54) is 30.3 Å². The van der Waals surface area contributed by atoms with Crippen LogP contribution in [-0.2, 0) is 4.79 Å². The van der Waals surface area contributed by atoms with Gasteiger partial charge in [0, 0.05) is 15.5 Å². The minimum Gasteiger partial charge on any atom is -0.325 e. The molecule has 2 rings (SSSR count). The highest BCUT2D eigenvalue weighted by Crippen LogP contribution is 2.26. The highest BCUT2D eigenvalue weighted by molar-refractivity contribution is 8.00. The van der Waals surface area contributed by atoms with Crippen molar-refractivity contribution < 1.29 is 22.4 Å². The maximum Gasteiger partial charge on any atom is 0.288 e. The zero-order valence-corrected chi connectivity index (χ0v) is 13.2. The summed E-state index contributed by atoms with van der Waals surface area (Å²) in [6.45, 7) is 0. The maximum atomic E-state index is 13.0. The van der Waals surface area contributed by atoms with E-state index in [0.717, 1.165) is 23.9 Å². The summed E-state index contributed by atoms with van der Waals surface area (Å²) in [5.41, 5.74) is 0.472. The van der Waals surface area contributed by atoms with Gasteiger partial charge >= 0.3 is 0 Å². The van der Waals surface area contributed by atoms with Gasteiger partial charge in [0.15, 0.2) is 11.6 Å². The fraction of sp³-hybridized carbons (Fsp3) is 0.133. The number of halogens is 4. The minimum atomic E-state index is -2.50. The molecule has 0 aliphatic carbocycles. The first-order chi connectivity index (χ1) is 10.9. The molecule has 0 bridgehead atoms. The van der Waals surface area contributed by atoms with Gasteiger partial charge in [0.25, 0.3) is 5.76 Å². The lowest BCUT2D eigenvalue weighted by atomic mass is 10.3. The van der Waals surface area contributed by atoms with Crippen LogP contribution in [0.25, 0.3) is 0 Å². The largest absolute Gasteiger partial charge is 0.325 e. The van der Waals surface area contributed by atoms with Gasteiger partial charge in [-0.25, -0.2) is 8.78 Å². The van der Waals surface area contributed by atoms with E-state index < -0.39 is 17.4 Å². The van der Waals surface area contributed by atoms with E-state index >= 15 is 0 Å². The van der Waals surface area contributed by atoms with Crippen LogP contribution >= 0.6 is 23.5 Å².